The third kappa shape index (κ3) is 4.64. The average Bonchev–Trinajstić information content (AvgIpc) is 2.68. The molecule has 0 spiro atoms. The van der Waals surface area contributed by atoms with Gasteiger partial charge in [0, 0.05) is 41.5 Å². The first-order chi connectivity index (χ1) is 14.8. The van der Waals surface area contributed by atoms with Gasteiger partial charge in [0.05, 0.1) is 12.0 Å². The van der Waals surface area contributed by atoms with Crippen molar-refractivity contribution >= 4 is 40.8 Å². The zero-order valence-corrected chi connectivity index (χ0v) is 17.6. The number of carbonyl (C=O) groups excluding carboxylic acids is 3. The Labute approximate surface area is 183 Å². The molecule has 2 aliphatic heterocycles. The number of amides is 4. The van der Waals surface area contributed by atoms with Crippen LogP contribution in [-0.2, 0) is 9.59 Å². The molecule has 2 heterocycles. The number of imide groups is 1. The Bertz CT molecular complexity index is 1060. The minimum Gasteiger partial charge on any atom is -0.367 e. The van der Waals surface area contributed by atoms with E-state index >= 15 is 0 Å². The van der Waals surface area contributed by atoms with Gasteiger partial charge < -0.3 is 15.5 Å². The van der Waals surface area contributed by atoms with E-state index in [9.17, 15) is 18.8 Å². The molecule has 4 amide bonds. The van der Waals surface area contributed by atoms with Crippen molar-refractivity contribution in [2.24, 2.45) is 0 Å². The molecule has 3 N–H and O–H groups in total. The quantitative estimate of drug-likeness (QED) is 0.631. The number of nitrogens with one attached hydrogen (secondary N) is 3. The van der Waals surface area contributed by atoms with Crippen LogP contribution in [0.2, 0.25) is 5.02 Å². The van der Waals surface area contributed by atoms with E-state index in [0.717, 1.165) is 5.56 Å². The lowest BCUT2D eigenvalue weighted by Gasteiger charge is -2.41. The Kier molecular flexibility index (Phi) is 5.82. The number of rotatable bonds is 4. The Morgan fingerprint density at radius 2 is 1.97 bits per heavy atom. The fraction of sp³-hybridized carbons (Fsp3) is 0.318. The molecule has 7 nitrogen and oxygen atoms in total. The molecule has 2 aromatic rings. The number of piperidine rings is 1. The maximum Gasteiger partial charge on any atom is 0.319 e. The minimum atomic E-state index is -0.656. The van der Waals surface area contributed by atoms with Gasteiger partial charge in [0.25, 0.3) is 0 Å². The normalized spacial score (nSPS) is 18.9. The van der Waals surface area contributed by atoms with Gasteiger partial charge >= 0.3 is 6.03 Å². The summed E-state index contributed by atoms with van der Waals surface area (Å²) in [7, 11) is 0. The number of aryl methyl sites for hydroxylation is 1. The number of hydrogen-bond acceptors (Lipinski definition) is 4. The van der Waals surface area contributed by atoms with Gasteiger partial charge in [-0.05, 0) is 43.2 Å². The van der Waals surface area contributed by atoms with Gasteiger partial charge in [-0.2, -0.15) is 0 Å². The van der Waals surface area contributed by atoms with Crippen molar-refractivity contribution in [1.82, 2.24) is 10.6 Å². The number of anilines is 2. The van der Waals surface area contributed by atoms with Gasteiger partial charge in [0.2, 0.25) is 11.8 Å². The number of urea groups is 1. The Balaban J connectivity index is 1.31. The highest BCUT2D eigenvalue weighted by Crippen LogP contribution is 2.31. The van der Waals surface area contributed by atoms with E-state index in [1.54, 1.807) is 24.3 Å². The highest BCUT2D eigenvalue weighted by molar-refractivity contribution is 6.31. The van der Waals surface area contributed by atoms with E-state index in [1.165, 1.54) is 6.07 Å². The lowest BCUT2D eigenvalue weighted by atomic mass is 9.90. The molecule has 2 aromatic carbocycles. The zero-order chi connectivity index (χ0) is 22.1. The van der Waals surface area contributed by atoms with Crippen molar-refractivity contribution < 1.29 is 18.8 Å². The fourth-order valence-electron chi connectivity index (χ4n) is 3.79. The number of benzene rings is 2. The predicted molar refractivity (Wildman–Crippen MR) is 116 cm³/mol. The van der Waals surface area contributed by atoms with Gasteiger partial charge in [-0.3, -0.25) is 14.9 Å². The summed E-state index contributed by atoms with van der Waals surface area (Å²) in [5.74, 6) is -1.92. The second-order valence-corrected chi connectivity index (χ2v) is 8.28. The molecule has 0 radical (unpaired) electrons. The molecule has 2 fully saturated rings. The van der Waals surface area contributed by atoms with Crippen LogP contribution in [0.15, 0.2) is 36.4 Å². The smallest absolute Gasteiger partial charge is 0.319 e. The highest BCUT2D eigenvalue weighted by Gasteiger charge is 2.32. The van der Waals surface area contributed by atoms with E-state index in [0.29, 0.717) is 41.5 Å². The van der Waals surface area contributed by atoms with Gasteiger partial charge in [-0.25, -0.2) is 9.18 Å². The second kappa shape index (κ2) is 8.55. The summed E-state index contributed by atoms with van der Waals surface area (Å²) < 4.78 is 14.7. The summed E-state index contributed by atoms with van der Waals surface area (Å²) in [6, 6.07) is 9.64. The number of halogens is 2. The summed E-state index contributed by atoms with van der Waals surface area (Å²) in [6.45, 7) is 2.97. The van der Waals surface area contributed by atoms with Crippen LogP contribution in [0.4, 0.5) is 20.6 Å². The molecule has 2 aliphatic rings. The van der Waals surface area contributed by atoms with Gasteiger partial charge in [-0.15, -0.1) is 0 Å². The molecule has 31 heavy (non-hydrogen) atoms. The second-order valence-electron chi connectivity index (χ2n) is 7.87. The largest absolute Gasteiger partial charge is 0.367 e. The van der Waals surface area contributed by atoms with Crippen molar-refractivity contribution in [1.29, 1.82) is 0 Å². The van der Waals surface area contributed by atoms with E-state index in [4.69, 9.17) is 11.6 Å². The van der Waals surface area contributed by atoms with E-state index < -0.39 is 17.6 Å². The molecular weight excluding hydrogens is 423 g/mol. The minimum absolute atomic E-state index is 0.0706. The molecule has 1 atom stereocenters. The predicted octanol–water partition coefficient (Wildman–Crippen LogP) is 3.32. The lowest BCUT2D eigenvalue weighted by Crippen LogP contribution is -2.60. The molecule has 0 aromatic heterocycles. The van der Waals surface area contributed by atoms with Crippen molar-refractivity contribution in [3.05, 3.63) is 58.4 Å². The third-order valence-corrected chi connectivity index (χ3v) is 6.02. The summed E-state index contributed by atoms with van der Waals surface area (Å²) in [5, 5.41) is 8.45. The molecule has 162 valence electrons. The van der Waals surface area contributed by atoms with Crippen molar-refractivity contribution in [3.8, 4) is 0 Å². The number of carbonyl (C=O) groups is 3. The summed E-state index contributed by atoms with van der Waals surface area (Å²) >= 11 is 6.07. The van der Waals surface area contributed by atoms with Crippen LogP contribution in [0.3, 0.4) is 0 Å². The van der Waals surface area contributed by atoms with Crippen LogP contribution in [0.5, 0.6) is 0 Å². The summed E-state index contributed by atoms with van der Waals surface area (Å²) in [5.41, 5.74) is 2.51. The summed E-state index contributed by atoms with van der Waals surface area (Å²) in [6.07, 6.45) is 0.506. The van der Waals surface area contributed by atoms with Crippen LogP contribution in [0, 0.1) is 12.7 Å². The maximum atomic E-state index is 14.7. The molecule has 4 rings (SSSR count). The molecule has 0 aliphatic carbocycles. The van der Waals surface area contributed by atoms with Gasteiger partial charge in [-0.1, -0.05) is 23.7 Å². The molecule has 0 bridgehead atoms. The Hall–Kier alpha value is -3.13. The molecule has 0 saturated carbocycles. The van der Waals surface area contributed by atoms with Crippen LogP contribution in [-0.4, -0.2) is 37.0 Å². The first-order valence-electron chi connectivity index (χ1n) is 10.0. The number of nitrogens with zero attached hydrogens (tertiary/aromatic N) is 1. The van der Waals surface area contributed by atoms with Gasteiger partial charge in [0.1, 0.15) is 5.82 Å². The molecule has 2 saturated heterocycles. The first kappa shape index (κ1) is 21.1. The van der Waals surface area contributed by atoms with E-state index in [2.05, 4.69) is 16.0 Å². The van der Waals surface area contributed by atoms with E-state index in [-0.39, 0.29) is 24.4 Å². The highest BCUT2D eigenvalue weighted by atomic mass is 35.5. The SMILES string of the molecule is Cc1ccc(NC(=O)NC2CN(c3ccc([C@H]4CCC(=O)NC4=O)c(F)c3)C2)cc1Cl. The monoisotopic (exact) mass is 444 g/mol. The topological polar surface area (TPSA) is 90.5 Å². The third-order valence-electron chi connectivity index (χ3n) is 5.61. The van der Waals surface area contributed by atoms with Crippen LogP contribution >= 0.6 is 11.6 Å². The van der Waals surface area contributed by atoms with Crippen LogP contribution < -0.4 is 20.9 Å². The maximum absolute atomic E-state index is 14.7. The Morgan fingerprint density at radius 1 is 1.19 bits per heavy atom. The van der Waals surface area contributed by atoms with Crippen molar-refractivity contribution in [2.45, 2.75) is 31.7 Å². The molecule has 0 unspecified atom stereocenters. The standard InChI is InChI=1S/C22H22ClFN4O3/c1-12-2-3-13(8-18(12)23)25-22(31)26-14-10-28(11-14)15-4-5-16(19(24)9-15)17-6-7-20(29)27-21(17)30/h2-5,8-9,14,17H,6-7,10-11H2,1H3,(H2,25,26,31)(H,27,29,30)/t17-/m1/s1. The number of hydrogen-bond donors (Lipinski definition) is 3. The van der Waals surface area contributed by atoms with Crippen molar-refractivity contribution in [2.75, 3.05) is 23.3 Å². The lowest BCUT2D eigenvalue weighted by molar-refractivity contribution is -0.134. The van der Waals surface area contributed by atoms with E-state index in [1.807, 2.05) is 17.9 Å². The molecular formula is C22H22ClFN4O3. The molecule has 9 heteroatoms. The average molecular weight is 445 g/mol. The van der Waals surface area contributed by atoms with Crippen molar-refractivity contribution in [3.63, 3.8) is 0 Å². The summed E-state index contributed by atoms with van der Waals surface area (Å²) in [4.78, 5) is 37.4. The first-order valence-corrected chi connectivity index (χ1v) is 10.4. The van der Waals surface area contributed by atoms with Crippen LogP contribution in [0.25, 0.3) is 0 Å². The fourth-order valence-corrected chi connectivity index (χ4v) is 3.97. The van der Waals surface area contributed by atoms with Gasteiger partial charge in [0.15, 0.2) is 0 Å². The Morgan fingerprint density at radius 3 is 2.65 bits per heavy atom. The zero-order valence-electron chi connectivity index (χ0n) is 16.9. The van der Waals surface area contributed by atoms with Crippen LogP contribution in [0.1, 0.15) is 29.9 Å².